The van der Waals surface area contributed by atoms with Crippen LogP contribution in [0.25, 0.3) is 0 Å². The lowest BCUT2D eigenvalue weighted by Gasteiger charge is -2.53. The summed E-state index contributed by atoms with van der Waals surface area (Å²) in [5.41, 5.74) is 2.24. The van der Waals surface area contributed by atoms with Crippen molar-refractivity contribution in [3.8, 4) is 0 Å². The van der Waals surface area contributed by atoms with Crippen molar-refractivity contribution >= 4 is 11.9 Å². The number of carbonyl (C=O) groups is 2. The van der Waals surface area contributed by atoms with Crippen LogP contribution in [0.15, 0.2) is 18.2 Å². The van der Waals surface area contributed by atoms with Crippen LogP contribution < -0.4 is 0 Å². The summed E-state index contributed by atoms with van der Waals surface area (Å²) in [6, 6.07) is 5.53. The number of rotatable bonds is 1. The lowest BCUT2D eigenvalue weighted by molar-refractivity contribution is -0.164. The van der Waals surface area contributed by atoms with Gasteiger partial charge in [-0.1, -0.05) is 18.2 Å². The number of carboxylic acid groups (broad SMARTS) is 1. The lowest BCUT2D eigenvalue weighted by atomic mass is 9.60. The van der Waals surface area contributed by atoms with E-state index < -0.39 is 11.4 Å². The van der Waals surface area contributed by atoms with Crippen LogP contribution in [0, 0.1) is 12.3 Å². The van der Waals surface area contributed by atoms with Gasteiger partial charge in [-0.2, -0.15) is 0 Å². The fraction of sp³-hybridized carbons (Fsp3) is 0.467. The van der Waals surface area contributed by atoms with Gasteiger partial charge < -0.3 is 10.0 Å². The summed E-state index contributed by atoms with van der Waals surface area (Å²) >= 11 is 0. The molecule has 1 fully saturated rings. The zero-order valence-corrected chi connectivity index (χ0v) is 11.3. The number of piperidine rings is 1. The Kier molecular flexibility index (Phi) is 2.31. The summed E-state index contributed by atoms with van der Waals surface area (Å²) < 4.78 is 0. The molecule has 4 nitrogen and oxygen atoms in total. The Hall–Kier alpha value is -1.84. The summed E-state index contributed by atoms with van der Waals surface area (Å²) in [6.07, 6.45) is 0.397. The highest BCUT2D eigenvalue weighted by atomic mass is 16.4. The molecule has 1 aromatic carbocycles. The first-order chi connectivity index (χ1) is 8.88. The van der Waals surface area contributed by atoms with Crippen molar-refractivity contribution in [1.82, 2.24) is 4.90 Å². The molecule has 2 aliphatic heterocycles. The maximum Gasteiger partial charge on any atom is 0.311 e. The molecule has 1 N–H and O–H groups in total. The molecule has 2 heterocycles. The van der Waals surface area contributed by atoms with Crippen LogP contribution in [-0.4, -0.2) is 28.9 Å². The maximum absolute atomic E-state index is 12.3. The second-order valence-corrected chi connectivity index (χ2v) is 5.91. The van der Waals surface area contributed by atoms with E-state index in [1.807, 2.05) is 25.1 Å². The number of carboxylic acids is 1. The van der Waals surface area contributed by atoms with Crippen LogP contribution in [0.4, 0.5) is 0 Å². The minimum atomic E-state index is -0.895. The van der Waals surface area contributed by atoms with Crippen molar-refractivity contribution in [3.63, 3.8) is 0 Å². The van der Waals surface area contributed by atoms with Gasteiger partial charge in [0.25, 0.3) is 0 Å². The summed E-state index contributed by atoms with van der Waals surface area (Å²) in [5, 5.41) is 9.58. The zero-order chi connectivity index (χ0) is 13.9. The van der Waals surface area contributed by atoms with Gasteiger partial charge in [0.2, 0.25) is 5.91 Å². The van der Waals surface area contributed by atoms with Gasteiger partial charge in [-0.3, -0.25) is 9.59 Å². The fourth-order valence-electron chi connectivity index (χ4n) is 3.82. The van der Waals surface area contributed by atoms with Crippen molar-refractivity contribution in [2.24, 2.45) is 5.41 Å². The average molecular weight is 259 g/mol. The van der Waals surface area contributed by atoms with Crippen molar-refractivity contribution in [2.45, 2.75) is 32.2 Å². The summed E-state index contributed by atoms with van der Waals surface area (Å²) in [6.45, 7) is 3.74. The number of aliphatic carboxylic acids is 1. The second-order valence-electron chi connectivity index (χ2n) is 5.91. The van der Waals surface area contributed by atoms with E-state index in [1.54, 1.807) is 18.9 Å². The highest BCUT2D eigenvalue weighted by Crippen LogP contribution is 2.57. The van der Waals surface area contributed by atoms with E-state index in [0.717, 1.165) is 16.7 Å². The molecule has 100 valence electrons. The number of likely N-dealkylation sites (N-methyl/N-ethyl adjacent to an activating group) is 1. The molecule has 3 aliphatic rings. The molecule has 0 radical (unpaired) electrons. The van der Waals surface area contributed by atoms with Crippen molar-refractivity contribution in [2.75, 3.05) is 7.05 Å². The van der Waals surface area contributed by atoms with E-state index >= 15 is 0 Å². The number of carbonyl (C=O) groups excluding carboxylic acids is 1. The van der Waals surface area contributed by atoms with Gasteiger partial charge in [-0.05, 0) is 37.0 Å². The molecule has 19 heavy (non-hydrogen) atoms. The highest BCUT2D eigenvalue weighted by Gasteiger charge is 2.58. The first-order valence-corrected chi connectivity index (χ1v) is 6.47. The smallest absolute Gasteiger partial charge is 0.311 e. The van der Waals surface area contributed by atoms with Crippen LogP contribution in [0.2, 0.25) is 0 Å². The number of amides is 1. The number of nitrogens with zero attached hydrogens (tertiary/aromatic N) is 1. The van der Waals surface area contributed by atoms with Crippen LogP contribution in [0.1, 0.15) is 42.0 Å². The SMILES string of the molecule is Cc1cccc2c1C1CC(C)(C(=O)O)C2N(C)C1=O. The molecule has 4 rings (SSSR count). The Bertz CT molecular complexity index is 595. The molecule has 0 aromatic heterocycles. The van der Waals surface area contributed by atoms with Gasteiger partial charge in [0, 0.05) is 7.05 Å². The van der Waals surface area contributed by atoms with E-state index in [-0.39, 0.29) is 17.9 Å². The van der Waals surface area contributed by atoms with E-state index in [9.17, 15) is 14.7 Å². The number of hydrogen-bond acceptors (Lipinski definition) is 2. The molecular weight excluding hydrogens is 242 g/mol. The topological polar surface area (TPSA) is 57.6 Å². The Morgan fingerprint density at radius 2 is 2.16 bits per heavy atom. The minimum absolute atomic E-state index is 0.0468. The van der Waals surface area contributed by atoms with Crippen LogP contribution >= 0.6 is 0 Å². The predicted octanol–water partition coefficient (Wildman–Crippen LogP) is 2.09. The van der Waals surface area contributed by atoms with Gasteiger partial charge in [0.05, 0.1) is 17.4 Å². The third kappa shape index (κ3) is 1.34. The molecule has 2 bridgehead atoms. The highest BCUT2D eigenvalue weighted by molar-refractivity contribution is 5.92. The Labute approximate surface area is 112 Å². The predicted molar refractivity (Wildman–Crippen MR) is 69.8 cm³/mol. The van der Waals surface area contributed by atoms with Crippen molar-refractivity contribution < 1.29 is 14.7 Å². The fourth-order valence-corrected chi connectivity index (χ4v) is 3.82. The molecule has 1 aliphatic carbocycles. The lowest BCUT2D eigenvalue weighted by Crippen LogP contribution is -2.56. The first kappa shape index (κ1) is 12.2. The average Bonchev–Trinajstić information content (AvgIpc) is 2.34. The molecule has 1 saturated heterocycles. The standard InChI is InChI=1S/C15H17NO3/c1-8-5-4-6-9-11(8)10-7-15(2,14(18)19)12(9)16(3)13(10)17/h4-6,10,12H,7H2,1-3H3,(H,18,19). The Morgan fingerprint density at radius 1 is 1.47 bits per heavy atom. The first-order valence-electron chi connectivity index (χ1n) is 6.47. The monoisotopic (exact) mass is 259 g/mol. The molecule has 4 heteroatoms. The summed E-state index contributed by atoms with van der Waals surface area (Å²) in [5.74, 6) is -1.09. The molecule has 0 spiro atoms. The van der Waals surface area contributed by atoms with E-state index in [0.29, 0.717) is 6.42 Å². The third-order valence-electron chi connectivity index (χ3n) is 4.75. The molecular formula is C15H17NO3. The number of benzene rings is 1. The quantitative estimate of drug-likeness (QED) is 0.840. The van der Waals surface area contributed by atoms with Gasteiger partial charge in [0.15, 0.2) is 0 Å². The summed E-state index contributed by atoms with van der Waals surface area (Å²) in [7, 11) is 1.71. The molecule has 1 amide bonds. The van der Waals surface area contributed by atoms with Crippen LogP contribution in [0.3, 0.4) is 0 Å². The van der Waals surface area contributed by atoms with Crippen LogP contribution in [0.5, 0.6) is 0 Å². The molecule has 3 atom stereocenters. The second kappa shape index (κ2) is 3.59. The van der Waals surface area contributed by atoms with Gasteiger partial charge in [-0.15, -0.1) is 0 Å². The zero-order valence-electron chi connectivity index (χ0n) is 11.3. The van der Waals surface area contributed by atoms with Crippen molar-refractivity contribution in [3.05, 3.63) is 34.9 Å². The van der Waals surface area contributed by atoms with E-state index in [4.69, 9.17) is 0 Å². The van der Waals surface area contributed by atoms with Gasteiger partial charge >= 0.3 is 5.97 Å². The Morgan fingerprint density at radius 3 is 2.79 bits per heavy atom. The van der Waals surface area contributed by atoms with Crippen LogP contribution in [-0.2, 0) is 9.59 Å². The molecule has 1 aromatic rings. The normalized spacial score (nSPS) is 32.4. The Balaban J connectivity index is 2.29. The van der Waals surface area contributed by atoms with Gasteiger partial charge in [-0.25, -0.2) is 0 Å². The third-order valence-corrected chi connectivity index (χ3v) is 4.75. The molecule has 3 unspecified atom stereocenters. The van der Waals surface area contributed by atoms with E-state index in [2.05, 4.69) is 0 Å². The van der Waals surface area contributed by atoms with Crippen molar-refractivity contribution in [1.29, 1.82) is 0 Å². The number of fused-ring (bicyclic) bond motifs is 2. The van der Waals surface area contributed by atoms with Gasteiger partial charge in [0.1, 0.15) is 0 Å². The summed E-state index contributed by atoms with van der Waals surface area (Å²) in [4.78, 5) is 25.6. The number of hydrogen-bond donors (Lipinski definition) is 1. The largest absolute Gasteiger partial charge is 0.481 e. The van der Waals surface area contributed by atoms with E-state index in [1.165, 1.54) is 0 Å². The molecule has 0 saturated carbocycles. The maximum atomic E-state index is 12.3. The minimum Gasteiger partial charge on any atom is -0.481 e. The number of aryl methyl sites for hydroxylation is 1.